The van der Waals surface area contributed by atoms with Gasteiger partial charge in [-0.3, -0.25) is 9.69 Å². The van der Waals surface area contributed by atoms with Gasteiger partial charge in [-0.05, 0) is 42.3 Å². The first-order valence-corrected chi connectivity index (χ1v) is 13.0. The SMILES string of the molecule is CCOc1cccc2sc(N3CCN(CCNC(=O)c4ccc(-c5ccccc5)cc4)CC3)nc12. The zero-order valence-corrected chi connectivity index (χ0v) is 20.8. The third-order valence-corrected chi connectivity index (χ3v) is 7.36. The molecule has 1 aliphatic rings. The molecule has 4 aromatic rings. The summed E-state index contributed by atoms with van der Waals surface area (Å²) in [6.07, 6.45) is 0. The van der Waals surface area contributed by atoms with Gasteiger partial charge in [-0.2, -0.15) is 0 Å². The molecule has 1 N–H and O–H groups in total. The highest BCUT2D eigenvalue weighted by molar-refractivity contribution is 7.22. The maximum absolute atomic E-state index is 12.6. The first kappa shape index (κ1) is 23.3. The number of nitrogens with zero attached hydrogens (tertiary/aromatic N) is 3. The van der Waals surface area contributed by atoms with Gasteiger partial charge in [0, 0.05) is 44.8 Å². The third kappa shape index (κ3) is 5.47. The van der Waals surface area contributed by atoms with Gasteiger partial charge in [0.2, 0.25) is 0 Å². The van der Waals surface area contributed by atoms with Gasteiger partial charge >= 0.3 is 0 Å². The number of amides is 1. The Morgan fingerprint density at radius 2 is 1.69 bits per heavy atom. The topological polar surface area (TPSA) is 57.7 Å². The van der Waals surface area contributed by atoms with Crippen LogP contribution in [0, 0.1) is 0 Å². The molecule has 3 aromatic carbocycles. The maximum Gasteiger partial charge on any atom is 0.251 e. The Bertz CT molecular complexity index is 1270. The van der Waals surface area contributed by atoms with E-state index in [1.807, 2.05) is 61.5 Å². The van der Waals surface area contributed by atoms with E-state index in [0.29, 0.717) is 18.7 Å². The van der Waals surface area contributed by atoms with E-state index in [4.69, 9.17) is 9.72 Å². The summed E-state index contributed by atoms with van der Waals surface area (Å²) in [6, 6.07) is 24.1. The van der Waals surface area contributed by atoms with Crippen LogP contribution >= 0.6 is 11.3 Å². The highest BCUT2D eigenvalue weighted by Crippen LogP contribution is 2.34. The molecule has 180 valence electrons. The van der Waals surface area contributed by atoms with Gasteiger partial charge in [0.05, 0.1) is 11.3 Å². The lowest BCUT2D eigenvalue weighted by Crippen LogP contribution is -2.48. The number of hydrogen-bond acceptors (Lipinski definition) is 6. The minimum Gasteiger partial charge on any atom is -0.492 e. The molecule has 2 heterocycles. The average Bonchev–Trinajstić information content (AvgIpc) is 3.35. The Hall–Kier alpha value is -3.42. The average molecular weight is 487 g/mol. The van der Waals surface area contributed by atoms with Crippen LogP contribution < -0.4 is 15.0 Å². The highest BCUT2D eigenvalue weighted by Gasteiger charge is 2.20. The van der Waals surface area contributed by atoms with Crippen LogP contribution in [0.5, 0.6) is 5.75 Å². The van der Waals surface area contributed by atoms with E-state index in [9.17, 15) is 4.79 Å². The molecule has 6 nitrogen and oxygen atoms in total. The van der Waals surface area contributed by atoms with E-state index >= 15 is 0 Å². The Balaban J connectivity index is 1.09. The molecule has 7 heteroatoms. The van der Waals surface area contributed by atoms with E-state index in [-0.39, 0.29) is 5.91 Å². The van der Waals surface area contributed by atoms with Crippen molar-refractivity contribution in [1.82, 2.24) is 15.2 Å². The van der Waals surface area contributed by atoms with Crippen molar-refractivity contribution in [3.63, 3.8) is 0 Å². The van der Waals surface area contributed by atoms with Crippen LogP contribution in [0.4, 0.5) is 5.13 Å². The molecule has 0 saturated carbocycles. The molecule has 0 aliphatic carbocycles. The summed E-state index contributed by atoms with van der Waals surface area (Å²) < 4.78 is 6.90. The Morgan fingerprint density at radius 3 is 2.43 bits per heavy atom. The number of benzene rings is 3. The van der Waals surface area contributed by atoms with Crippen molar-refractivity contribution >= 4 is 32.6 Å². The van der Waals surface area contributed by atoms with Crippen LogP contribution in [0.25, 0.3) is 21.3 Å². The van der Waals surface area contributed by atoms with Gasteiger partial charge in [0.15, 0.2) is 5.13 Å². The van der Waals surface area contributed by atoms with Crippen molar-refractivity contribution in [1.29, 1.82) is 0 Å². The fourth-order valence-electron chi connectivity index (χ4n) is 4.36. The molecule has 1 aliphatic heterocycles. The summed E-state index contributed by atoms with van der Waals surface area (Å²) in [6.45, 7) is 7.88. The summed E-state index contributed by atoms with van der Waals surface area (Å²) in [5.41, 5.74) is 3.91. The second kappa shape index (κ2) is 10.9. The fourth-order valence-corrected chi connectivity index (χ4v) is 5.39. The maximum atomic E-state index is 12.6. The lowest BCUT2D eigenvalue weighted by Gasteiger charge is -2.34. The summed E-state index contributed by atoms with van der Waals surface area (Å²) >= 11 is 1.72. The predicted octanol–water partition coefficient (Wildman–Crippen LogP) is 4.91. The Morgan fingerprint density at radius 1 is 0.943 bits per heavy atom. The van der Waals surface area contributed by atoms with Crippen molar-refractivity contribution < 1.29 is 9.53 Å². The van der Waals surface area contributed by atoms with Crippen molar-refractivity contribution in [3.8, 4) is 16.9 Å². The zero-order chi connectivity index (χ0) is 24.0. The monoisotopic (exact) mass is 486 g/mol. The van der Waals surface area contributed by atoms with E-state index in [2.05, 4.69) is 33.3 Å². The number of thiazole rings is 1. The molecule has 0 bridgehead atoms. The molecule has 1 aromatic heterocycles. The van der Waals surface area contributed by atoms with Gasteiger partial charge in [0.25, 0.3) is 5.91 Å². The number of carbonyl (C=O) groups is 1. The van der Waals surface area contributed by atoms with E-state index < -0.39 is 0 Å². The van der Waals surface area contributed by atoms with E-state index in [1.165, 1.54) is 0 Å². The van der Waals surface area contributed by atoms with Gasteiger partial charge < -0.3 is 15.0 Å². The van der Waals surface area contributed by atoms with Gasteiger partial charge in [-0.1, -0.05) is 59.9 Å². The highest BCUT2D eigenvalue weighted by atomic mass is 32.1. The first-order valence-electron chi connectivity index (χ1n) is 12.1. The van der Waals surface area contributed by atoms with Crippen LogP contribution in [0.3, 0.4) is 0 Å². The number of carbonyl (C=O) groups excluding carboxylic acids is 1. The molecule has 0 atom stereocenters. The number of aromatic nitrogens is 1. The quantitative estimate of drug-likeness (QED) is 0.383. The lowest BCUT2D eigenvalue weighted by atomic mass is 10.0. The summed E-state index contributed by atoms with van der Waals surface area (Å²) in [4.78, 5) is 22.2. The molecular formula is C28H30N4O2S. The second-order valence-electron chi connectivity index (χ2n) is 8.56. The van der Waals surface area contributed by atoms with Gasteiger partial charge in [-0.15, -0.1) is 0 Å². The number of nitrogens with one attached hydrogen (secondary N) is 1. The lowest BCUT2D eigenvalue weighted by molar-refractivity contribution is 0.0948. The number of piperazine rings is 1. The van der Waals surface area contributed by atoms with Crippen molar-refractivity contribution in [2.45, 2.75) is 6.92 Å². The number of hydrogen-bond donors (Lipinski definition) is 1. The largest absolute Gasteiger partial charge is 0.492 e. The molecule has 0 unspecified atom stereocenters. The van der Waals surface area contributed by atoms with Crippen LogP contribution in [-0.2, 0) is 0 Å². The van der Waals surface area contributed by atoms with Crippen molar-refractivity contribution in [2.24, 2.45) is 0 Å². The van der Waals surface area contributed by atoms with Gasteiger partial charge in [-0.25, -0.2) is 4.98 Å². The number of ether oxygens (including phenoxy) is 1. The Kier molecular flexibility index (Phi) is 7.25. The van der Waals surface area contributed by atoms with Crippen LogP contribution in [0.15, 0.2) is 72.8 Å². The minimum atomic E-state index is -0.0252. The summed E-state index contributed by atoms with van der Waals surface area (Å²) in [5, 5.41) is 4.12. The molecule has 0 radical (unpaired) electrons. The molecule has 1 saturated heterocycles. The number of anilines is 1. The summed E-state index contributed by atoms with van der Waals surface area (Å²) in [5.74, 6) is 0.833. The molecule has 5 rings (SSSR count). The normalized spacial score (nSPS) is 14.3. The van der Waals surface area contributed by atoms with Crippen molar-refractivity contribution in [3.05, 3.63) is 78.4 Å². The molecule has 0 spiro atoms. The zero-order valence-electron chi connectivity index (χ0n) is 19.9. The van der Waals surface area contributed by atoms with Crippen molar-refractivity contribution in [2.75, 3.05) is 50.8 Å². The minimum absolute atomic E-state index is 0.0252. The number of para-hydroxylation sites is 1. The third-order valence-electron chi connectivity index (χ3n) is 6.28. The second-order valence-corrected chi connectivity index (χ2v) is 9.57. The van der Waals surface area contributed by atoms with E-state index in [1.54, 1.807) is 11.3 Å². The fraction of sp³-hybridized carbons (Fsp3) is 0.286. The van der Waals surface area contributed by atoms with E-state index in [0.717, 1.165) is 64.9 Å². The smallest absolute Gasteiger partial charge is 0.251 e. The predicted molar refractivity (Wildman–Crippen MR) is 144 cm³/mol. The number of rotatable bonds is 8. The molecule has 1 amide bonds. The standard InChI is InChI=1S/C28H30N4O2S/c1-2-34-24-9-6-10-25-26(24)30-28(35-25)32-19-17-31(18-20-32)16-15-29-27(33)23-13-11-22(12-14-23)21-7-4-3-5-8-21/h3-14H,2,15-20H2,1H3,(H,29,33). The van der Waals surface area contributed by atoms with Gasteiger partial charge in [0.1, 0.15) is 11.3 Å². The Labute approximate surface area is 210 Å². The first-order chi connectivity index (χ1) is 17.2. The van der Waals surface area contributed by atoms with Crippen LogP contribution in [0.1, 0.15) is 17.3 Å². The molecule has 35 heavy (non-hydrogen) atoms. The van der Waals surface area contributed by atoms with Crippen LogP contribution in [-0.4, -0.2) is 61.7 Å². The van der Waals surface area contributed by atoms with Crippen LogP contribution in [0.2, 0.25) is 0 Å². The number of fused-ring (bicyclic) bond motifs is 1. The molecular weight excluding hydrogens is 456 g/mol. The summed E-state index contributed by atoms with van der Waals surface area (Å²) in [7, 11) is 0. The molecule has 1 fully saturated rings.